The molecule has 2 aromatic carbocycles. The van der Waals surface area contributed by atoms with Gasteiger partial charge < -0.3 is 5.32 Å². The van der Waals surface area contributed by atoms with E-state index in [1.54, 1.807) is 23.6 Å². The molecule has 7 nitrogen and oxygen atoms in total. The number of allylic oxidation sites excluding steroid dienone is 1. The standard InChI is InChI=1S/C28H26ClN5O2S/c1-5-33-18(4)22(16(2)32-33)15-23-27(36)34-25(19-11-13-20(29)14-12-19)24(17(3)30-28(34)37-23)26(35)31-21-9-7-6-8-10-21/h6-15,25H,5H2,1-4H3,(H,31,35)/b23-15+/t25-/m1/s1. The van der Waals surface area contributed by atoms with Gasteiger partial charge in [-0.05, 0) is 63.6 Å². The average Bonchev–Trinajstić information content (AvgIpc) is 3.34. The number of nitrogens with zero attached hydrogens (tertiary/aromatic N) is 4. The van der Waals surface area contributed by atoms with E-state index in [0.29, 0.717) is 31.3 Å². The molecule has 2 aromatic heterocycles. The van der Waals surface area contributed by atoms with Crippen LogP contribution in [-0.4, -0.2) is 20.3 Å². The summed E-state index contributed by atoms with van der Waals surface area (Å²) in [7, 11) is 0. The molecule has 1 amide bonds. The van der Waals surface area contributed by atoms with Crippen LogP contribution in [0, 0.1) is 13.8 Å². The van der Waals surface area contributed by atoms with Crippen LogP contribution in [0.3, 0.4) is 0 Å². The van der Waals surface area contributed by atoms with Crippen LogP contribution in [-0.2, 0) is 11.3 Å². The van der Waals surface area contributed by atoms with Gasteiger partial charge in [0.2, 0.25) is 0 Å². The molecule has 37 heavy (non-hydrogen) atoms. The molecule has 3 heterocycles. The number of halogens is 1. The fourth-order valence-corrected chi connectivity index (χ4v) is 5.81. The molecule has 0 aliphatic carbocycles. The topological polar surface area (TPSA) is 81.3 Å². The van der Waals surface area contributed by atoms with Gasteiger partial charge in [0.15, 0.2) is 4.80 Å². The number of amides is 1. The number of hydrogen-bond donors (Lipinski definition) is 1. The third-order valence-electron chi connectivity index (χ3n) is 6.50. The fraction of sp³-hybridized carbons (Fsp3) is 0.214. The van der Waals surface area contributed by atoms with Gasteiger partial charge in [0.05, 0.1) is 27.5 Å². The number of fused-ring (bicyclic) bond motifs is 1. The molecule has 0 fully saturated rings. The van der Waals surface area contributed by atoms with Crippen molar-refractivity contribution >= 4 is 40.6 Å². The molecule has 1 N–H and O–H groups in total. The highest BCUT2D eigenvalue weighted by Gasteiger charge is 2.32. The number of aromatic nitrogens is 3. The van der Waals surface area contributed by atoms with E-state index in [-0.39, 0.29) is 11.5 Å². The van der Waals surface area contributed by atoms with Gasteiger partial charge in [-0.3, -0.25) is 18.8 Å². The Hall–Kier alpha value is -3.75. The van der Waals surface area contributed by atoms with Gasteiger partial charge in [0, 0.05) is 28.5 Å². The van der Waals surface area contributed by atoms with Crippen molar-refractivity contribution in [3.63, 3.8) is 0 Å². The first-order valence-corrected chi connectivity index (χ1v) is 13.2. The zero-order valence-electron chi connectivity index (χ0n) is 20.9. The van der Waals surface area contributed by atoms with Crippen LogP contribution < -0.4 is 20.2 Å². The van der Waals surface area contributed by atoms with E-state index < -0.39 is 6.04 Å². The quantitative estimate of drug-likeness (QED) is 0.415. The highest BCUT2D eigenvalue weighted by Crippen LogP contribution is 2.31. The van der Waals surface area contributed by atoms with Gasteiger partial charge in [-0.25, -0.2) is 4.99 Å². The number of para-hydroxylation sites is 1. The van der Waals surface area contributed by atoms with Gasteiger partial charge in [0.1, 0.15) is 0 Å². The molecule has 9 heteroatoms. The van der Waals surface area contributed by atoms with Crippen molar-refractivity contribution in [2.75, 3.05) is 5.32 Å². The monoisotopic (exact) mass is 531 g/mol. The van der Waals surface area contributed by atoms with E-state index in [9.17, 15) is 9.59 Å². The molecule has 1 atom stereocenters. The first kappa shape index (κ1) is 24.9. The molecule has 0 saturated carbocycles. The van der Waals surface area contributed by atoms with Crippen molar-refractivity contribution in [2.24, 2.45) is 4.99 Å². The number of carbonyl (C=O) groups excluding carboxylic acids is 1. The summed E-state index contributed by atoms with van der Waals surface area (Å²) in [4.78, 5) is 32.7. The second kappa shape index (κ2) is 9.95. The number of anilines is 1. The third-order valence-corrected chi connectivity index (χ3v) is 7.73. The van der Waals surface area contributed by atoms with Crippen molar-refractivity contribution in [3.05, 3.63) is 113 Å². The predicted octanol–water partition coefficient (Wildman–Crippen LogP) is 4.36. The molecule has 0 bridgehead atoms. The van der Waals surface area contributed by atoms with Crippen molar-refractivity contribution < 1.29 is 4.79 Å². The Kier molecular flexibility index (Phi) is 6.70. The lowest BCUT2D eigenvalue weighted by atomic mass is 9.95. The summed E-state index contributed by atoms with van der Waals surface area (Å²) in [5.41, 5.74) is 4.99. The molecule has 5 rings (SSSR count). The normalized spacial score (nSPS) is 15.5. The summed E-state index contributed by atoms with van der Waals surface area (Å²) in [5, 5.41) is 8.11. The van der Waals surface area contributed by atoms with Crippen LogP contribution in [0.1, 0.15) is 42.4 Å². The van der Waals surface area contributed by atoms with E-state index in [1.807, 2.05) is 74.0 Å². The lowest BCUT2D eigenvalue weighted by molar-refractivity contribution is -0.113. The number of nitrogens with one attached hydrogen (secondary N) is 1. The van der Waals surface area contributed by atoms with Gasteiger partial charge in [-0.1, -0.05) is 53.3 Å². The molecule has 0 unspecified atom stereocenters. The first-order chi connectivity index (χ1) is 17.8. The summed E-state index contributed by atoms with van der Waals surface area (Å²) < 4.78 is 4.07. The Morgan fingerprint density at radius 3 is 2.46 bits per heavy atom. The van der Waals surface area contributed by atoms with Gasteiger partial charge in [-0.15, -0.1) is 0 Å². The summed E-state index contributed by atoms with van der Waals surface area (Å²) in [6.07, 6.45) is 1.88. The number of aryl methyl sites for hydroxylation is 2. The maximum Gasteiger partial charge on any atom is 0.271 e. The highest BCUT2D eigenvalue weighted by atomic mass is 35.5. The fourth-order valence-electron chi connectivity index (χ4n) is 4.65. The number of carbonyl (C=O) groups is 1. The molecule has 1 aliphatic rings. The number of benzene rings is 2. The molecule has 4 aromatic rings. The lowest BCUT2D eigenvalue weighted by Gasteiger charge is -2.25. The van der Waals surface area contributed by atoms with Gasteiger partial charge >= 0.3 is 0 Å². The summed E-state index contributed by atoms with van der Waals surface area (Å²) >= 11 is 7.48. The Bertz CT molecular complexity index is 1710. The number of hydrogen-bond acceptors (Lipinski definition) is 5. The van der Waals surface area contributed by atoms with Gasteiger partial charge in [0.25, 0.3) is 11.5 Å². The van der Waals surface area contributed by atoms with Crippen LogP contribution >= 0.6 is 22.9 Å². The zero-order valence-corrected chi connectivity index (χ0v) is 22.5. The molecular weight excluding hydrogens is 506 g/mol. The van der Waals surface area contributed by atoms with E-state index in [1.165, 1.54) is 11.3 Å². The van der Waals surface area contributed by atoms with E-state index in [2.05, 4.69) is 10.4 Å². The summed E-state index contributed by atoms with van der Waals surface area (Å²) in [6, 6.07) is 15.8. The van der Waals surface area contributed by atoms with E-state index in [0.717, 1.165) is 29.1 Å². The van der Waals surface area contributed by atoms with Crippen molar-refractivity contribution in [3.8, 4) is 0 Å². The van der Waals surface area contributed by atoms with E-state index in [4.69, 9.17) is 16.6 Å². The minimum absolute atomic E-state index is 0.204. The lowest BCUT2D eigenvalue weighted by Crippen LogP contribution is -2.40. The van der Waals surface area contributed by atoms with Crippen LogP contribution in [0.5, 0.6) is 0 Å². The predicted molar refractivity (Wildman–Crippen MR) is 148 cm³/mol. The van der Waals surface area contributed by atoms with Crippen molar-refractivity contribution in [2.45, 2.75) is 40.3 Å². The number of thiazole rings is 1. The second-order valence-corrected chi connectivity index (χ2v) is 10.3. The largest absolute Gasteiger partial charge is 0.322 e. The molecule has 1 aliphatic heterocycles. The highest BCUT2D eigenvalue weighted by molar-refractivity contribution is 7.07. The second-order valence-electron chi connectivity index (χ2n) is 8.85. The molecule has 0 spiro atoms. The molecule has 188 valence electrons. The first-order valence-electron chi connectivity index (χ1n) is 12.0. The van der Waals surface area contributed by atoms with Gasteiger partial charge in [-0.2, -0.15) is 5.10 Å². The maximum absolute atomic E-state index is 13.9. The zero-order chi connectivity index (χ0) is 26.3. The van der Waals surface area contributed by atoms with Crippen molar-refractivity contribution in [1.29, 1.82) is 0 Å². The van der Waals surface area contributed by atoms with E-state index >= 15 is 0 Å². The third kappa shape index (κ3) is 4.58. The molecule has 0 saturated heterocycles. The van der Waals surface area contributed by atoms with Crippen LogP contribution in [0.15, 0.2) is 75.7 Å². The van der Waals surface area contributed by atoms with Crippen LogP contribution in [0.2, 0.25) is 5.02 Å². The molecule has 0 radical (unpaired) electrons. The molecular formula is C28H26ClN5O2S. The average molecular weight is 532 g/mol. The Morgan fingerprint density at radius 1 is 1.11 bits per heavy atom. The minimum atomic E-state index is -0.653. The Labute approximate surface area is 223 Å². The van der Waals surface area contributed by atoms with Crippen LogP contribution in [0.4, 0.5) is 5.69 Å². The van der Waals surface area contributed by atoms with Crippen molar-refractivity contribution in [1.82, 2.24) is 14.3 Å². The SMILES string of the molecule is CCn1nc(C)c(/C=c2/sc3n(c2=O)[C@H](c2ccc(Cl)cc2)C(C(=O)Nc2ccccc2)=C(C)N=3)c1C. The minimum Gasteiger partial charge on any atom is -0.322 e. The number of rotatable bonds is 5. The Balaban J connectivity index is 1.69. The maximum atomic E-state index is 13.9. The Morgan fingerprint density at radius 2 is 1.81 bits per heavy atom. The van der Waals surface area contributed by atoms with Crippen LogP contribution in [0.25, 0.3) is 6.08 Å². The summed E-state index contributed by atoms with van der Waals surface area (Å²) in [5.74, 6) is -0.308. The smallest absolute Gasteiger partial charge is 0.271 e. The summed E-state index contributed by atoms with van der Waals surface area (Å²) in [6.45, 7) is 8.53.